The summed E-state index contributed by atoms with van der Waals surface area (Å²) >= 11 is 4.89. The van der Waals surface area contributed by atoms with E-state index >= 15 is 0 Å². The normalized spacial score (nSPS) is 10.8. The van der Waals surface area contributed by atoms with Crippen LogP contribution in [0, 0.1) is 6.92 Å². The van der Waals surface area contributed by atoms with Crippen LogP contribution in [0.5, 0.6) is 0 Å². The average Bonchev–Trinajstić information content (AvgIpc) is 2.81. The fourth-order valence-electron chi connectivity index (χ4n) is 1.63. The summed E-state index contributed by atoms with van der Waals surface area (Å²) in [6.45, 7) is 6.08. The number of thiazole rings is 1. The molecule has 3 nitrogen and oxygen atoms in total. The highest BCUT2D eigenvalue weighted by molar-refractivity contribution is 9.10. The van der Waals surface area contributed by atoms with Crippen molar-refractivity contribution in [1.82, 2.24) is 4.98 Å². The average molecular weight is 339 g/mol. The number of carbonyl (C=O) groups is 1. The molecule has 0 radical (unpaired) electrons. The van der Waals surface area contributed by atoms with Gasteiger partial charge in [0.05, 0.1) is 5.69 Å². The second-order valence-electron chi connectivity index (χ2n) is 4.60. The Kier molecular flexibility index (Phi) is 4.37. The van der Waals surface area contributed by atoms with E-state index in [0.29, 0.717) is 16.6 Å². The number of anilines is 1. The van der Waals surface area contributed by atoms with Gasteiger partial charge in [-0.1, -0.05) is 35.8 Å². The van der Waals surface area contributed by atoms with Crippen molar-refractivity contribution < 1.29 is 4.79 Å². The molecule has 1 aromatic heterocycles. The molecule has 2 rings (SSSR count). The third kappa shape index (κ3) is 3.22. The van der Waals surface area contributed by atoms with Gasteiger partial charge in [0, 0.05) is 15.4 Å². The maximum absolute atomic E-state index is 12.2. The van der Waals surface area contributed by atoms with E-state index in [1.54, 1.807) is 0 Å². The molecule has 0 bridgehead atoms. The number of nitrogens with zero attached hydrogens (tertiary/aromatic N) is 1. The number of aromatic nitrogens is 1. The van der Waals surface area contributed by atoms with Gasteiger partial charge in [-0.15, -0.1) is 11.3 Å². The molecule has 0 fully saturated rings. The lowest BCUT2D eigenvalue weighted by Gasteiger charge is -2.06. The first-order valence-corrected chi connectivity index (χ1v) is 7.68. The Balaban J connectivity index is 2.18. The van der Waals surface area contributed by atoms with E-state index in [1.807, 2.05) is 30.5 Å². The SMILES string of the molecule is Cc1c(Br)cccc1C(=O)Nc1nc(C(C)C)cs1. The van der Waals surface area contributed by atoms with E-state index in [4.69, 9.17) is 0 Å². The number of benzene rings is 1. The molecule has 0 aliphatic heterocycles. The van der Waals surface area contributed by atoms with Crippen molar-refractivity contribution in [3.8, 4) is 0 Å². The molecule has 1 N–H and O–H groups in total. The maximum atomic E-state index is 12.2. The lowest BCUT2D eigenvalue weighted by molar-refractivity contribution is 0.102. The molecule has 2 aromatic rings. The van der Waals surface area contributed by atoms with E-state index in [0.717, 1.165) is 15.7 Å². The Morgan fingerprint density at radius 2 is 2.16 bits per heavy atom. The van der Waals surface area contributed by atoms with Gasteiger partial charge in [-0.05, 0) is 30.5 Å². The third-order valence-electron chi connectivity index (χ3n) is 2.85. The zero-order valence-electron chi connectivity index (χ0n) is 11.0. The van der Waals surface area contributed by atoms with Crippen LogP contribution in [0.1, 0.15) is 41.4 Å². The topological polar surface area (TPSA) is 42.0 Å². The summed E-state index contributed by atoms with van der Waals surface area (Å²) in [6, 6.07) is 5.59. The van der Waals surface area contributed by atoms with E-state index in [2.05, 4.69) is 40.1 Å². The van der Waals surface area contributed by atoms with Crippen LogP contribution in [0.25, 0.3) is 0 Å². The van der Waals surface area contributed by atoms with Gasteiger partial charge in [-0.3, -0.25) is 10.1 Å². The summed E-state index contributed by atoms with van der Waals surface area (Å²) in [4.78, 5) is 16.6. The van der Waals surface area contributed by atoms with Crippen molar-refractivity contribution in [2.45, 2.75) is 26.7 Å². The zero-order valence-corrected chi connectivity index (χ0v) is 13.4. The number of hydrogen-bond donors (Lipinski definition) is 1. The first kappa shape index (κ1) is 14.2. The second-order valence-corrected chi connectivity index (χ2v) is 6.31. The van der Waals surface area contributed by atoms with Gasteiger partial charge in [0.15, 0.2) is 5.13 Å². The van der Waals surface area contributed by atoms with Crippen molar-refractivity contribution in [2.24, 2.45) is 0 Å². The number of halogens is 1. The lowest BCUT2D eigenvalue weighted by atomic mass is 10.1. The van der Waals surface area contributed by atoms with E-state index < -0.39 is 0 Å². The molecule has 5 heteroatoms. The molecule has 0 saturated heterocycles. The maximum Gasteiger partial charge on any atom is 0.257 e. The van der Waals surface area contributed by atoms with Crippen molar-refractivity contribution in [3.05, 3.63) is 44.9 Å². The summed E-state index contributed by atoms with van der Waals surface area (Å²) < 4.78 is 0.933. The van der Waals surface area contributed by atoms with Crippen molar-refractivity contribution in [2.75, 3.05) is 5.32 Å². The van der Waals surface area contributed by atoms with Crippen LogP contribution in [0.2, 0.25) is 0 Å². The first-order chi connectivity index (χ1) is 8.99. The van der Waals surface area contributed by atoms with Crippen LogP contribution >= 0.6 is 27.3 Å². The van der Waals surface area contributed by atoms with Gasteiger partial charge >= 0.3 is 0 Å². The predicted molar refractivity (Wildman–Crippen MR) is 83.0 cm³/mol. The molecular weight excluding hydrogens is 324 g/mol. The van der Waals surface area contributed by atoms with Crippen LogP contribution < -0.4 is 5.32 Å². The quantitative estimate of drug-likeness (QED) is 0.889. The molecule has 100 valence electrons. The minimum Gasteiger partial charge on any atom is -0.298 e. The van der Waals surface area contributed by atoms with Gasteiger partial charge in [0.25, 0.3) is 5.91 Å². The summed E-state index contributed by atoms with van der Waals surface area (Å²) in [6.07, 6.45) is 0. The Hall–Kier alpha value is -1.20. The minimum atomic E-state index is -0.122. The Bertz CT molecular complexity index is 607. The van der Waals surface area contributed by atoms with Gasteiger partial charge in [0.1, 0.15) is 0 Å². The van der Waals surface area contributed by atoms with Crippen LogP contribution in [0.3, 0.4) is 0 Å². The lowest BCUT2D eigenvalue weighted by Crippen LogP contribution is -2.13. The minimum absolute atomic E-state index is 0.122. The van der Waals surface area contributed by atoms with Gasteiger partial charge in [-0.25, -0.2) is 4.98 Å². The molecule has 0 saturated carbocycles. The zero-order chi connectivity index (χ0) is 14.0. The molecular formula is C14H15BrN2OS. The van der Waals surface area contributed by atoms with E-state index in [-0.39, 0.29) is 5.91 Å². The monoisotopic (exact) mass is 338 g/mol. The summed E-state index contributed by atoms with van der Waals surface area (Å²) in [5.74, 6) is 0.248. The molecule has 19 heavy (non-hydrogen) atoms. The number of hydrogen-bond acceptors (Lipinski definition) is 3. The van der Waals surface area contributed by atoms with Crippen LogP contribution in [-0.2, 0) is 0 Å². The molecule has 0 atom stereocenters. The largest absolute Gasteiger partial charge is 0.298 e. The smallest absolute Gasteiger partial charge is 0.257 e. The standard InChI is InChI=1S/C14H15BrN2OS/c1-8(2)12-7-19-14(16-12)17-13(18)10-5-4-6-11(15)9(10)3/h4-8H,1-3H3,(H,16,17,18). The predicted octanol–water partition coefficient (Wildman–Crippen LogP) is 4.59. The molecule has 1 heterocycles. The molecule has 0 aliphatic carbocycles. The summed E-state index contributed by atoms with van der Waals surface area (Å²) in [5.41, 5.74) is 2.60. The fraction of sp³-hybridized carbons (Fsp3) is 0.286. The highest BCUT2D eigenvalue weighted by Gasteiger charge is 2.13. The highest BCUT2D eigenvalue weighted by atomic mass is 79.9. The Morgan fingerprint density at radius 3 is 2.79 bits per heavy atom. The molecule has 1 amide bonds. The van der Waals surface area contributed by atoms with E-state index in [9.17, 15) is 4.79 Å². The van der Waals surface area contributed by atoms with Crippen molar-refractivity contribution in [3.63, 3.8) is 0 Å². The number of rotatable bonds is 3. The number of amides is 1. The van der Waals surface area contributed by atoms with Crippen LogP contribution in [0.4, 0.5) is 5.13 Å². The van der Waals surface area contributed by atoms with Crippen molar-refractivity contribution in [1.29, 1.82) is 0 Å². The molecule has 0 aliphatic rings. The molecule has 0 unspecified atom stereocenters. The van der Waals surface area contributed by atoms with Crippen LogP contribution in [0.15, 0.2) is 28.1 Å². The van der Waals surface area contributed by atoms with Gasteiger partial charge < -0.3 is 0 Å². The van der Waals surface area contributed by atoms with Gasteiger partial charge in [-0.2, -0.15) is 0 Å². The second kappa shape index (κ2) is 5.84. The molecule has 1 aromatic carbocycles. The third-order valence-corrected chi connectivity index (χ3v) is 4.48. The summed E-state index contributed by atoms with van der Waals surface area (Å²) in [7, 11) is 0. The first-order valence-electron chi connectivity index (χ1n) is 6.01. The van der Waals surface area contributed by atoms with E-state index in [1.165, 1.54) is 11.3 Å². The van der Waals surface area contributed by atoms with Gasteiger partial charge in [0.2, 0.25) is 0 Å². The Labute approximate surface area is 125 Å². The molecule has 0 spiro atoms. The van der Waals surface area contributed by atoms with Crippen molar-refractivity contribution >= 4 is 38.3 Å². The number of nitrogens with one attached hydrogen (secondary N) is 1. The fourth-order valence-corrected chi connectivity index (χ4v) is 2.86. The highest BCUT2D eigenvalue weighted by Crippen LogP contribution is 2.24. The number of carbonyl (C=O) groups excluding carboxylic acids is 1. The summed E-state index contributed by atoms with van der Waals surface area (Å²) in [5, 5.41) is 5.48. The Morgan fingerprint density at radius 1 is 1.42 bits per heavy atom. The van der Waals surface area contributed by atoms with Crippen LogP contribution in [-0.4, -0.2) is 10.9 Å².